The first-order valence-electron chi connectivity index (χ1n) is 9.32. The molecule has 0 amide bonds. The van der Waals surface area contributed by atoms with Crippen LogP contribution in [0.15, 0.2) is 41.3 Å². The highest BCUT2D eigenvalue weighted by atomic mass is 32.1. The Labute approximate surface area is 170 Å². The third-order valence-corrected chi connectivity index (χ3v) is 5.94. The van der Waals surface area contributed by atoms with E-state index in [1.165, 1.54) is 12.1 Å². The van der Waals surface area contributed by atoms with Gasteiger partial charge in [0.2, 0.25) is 0 Å². The molecule has 0 aliphatic heterocycles. The molecule has 8 heteroatoms. The van der Waals surface area contributed by atoms with Crippen molar-refractivity contribution in [3.05, 3.63) is 63.1 Å². The van der Waals surface area contributed by atoms with Crippen LogP contribution in [0.2, 0.25) is 0 Å². The number of hydrogen-bond acceptors (Lipinski definition) is 5. The normalized spacial score (nSPS) is 12.6. The van der Waals surface area contributed by atoms with Crippen LogP contribution in [0.5, 0.6) is 0 Å². The van der Waals surface area contributed by atoms with Crippen LogP contribution in [0.4, 0.5) is 4.39 Å². The lowest BCUT2D eigenvalue weighted by Crippen LogP contribution is -2.32. The van der Waals surface area contributed by atoms with E-state index in [4.69, 9.17) is 4.74 Å². The maximum absolute atomic E-state index is 13.3. The maximum Gasteiger partial charge on any atom is 0.330 e. The number of carbonyl (C=O) groups is 1. The number of aryl methyl sites for hydroxylation is 1. The van der Waals surface area contributed by atoms with Crippen molar-refractivity contribution in [1.82, 2.24) is 14.3 Å². The maximum atomic E-state index is 13.3. The van der Waals surface area contributed by atoms with Crippen molar-refractivity contribution in [2.24, 2.45) is 0 Å². The summed E-state index contributed by atoms with van der Waals surface area (Å²) in [4.78, 5) is 26.6. The average Bonchev–Trinajstić information content (AvgIpc) is 3.20. The standard InChI is InChI=1S/C21H20FN3O3S/c1-4-28-21(27)13(3)25-20(26)18-16(10-23-25)19-17(9-12(2)29-19)24(18)11-14-5-7-15(22)8-6-14/h5-10,13H,4,11H2,1-3H3. The molecule has 1 atom stereocenters. The lowest BCUT2D eigenvalue weighted by atomic mass is 10.2. The van der Waals surface area contributed by atoms with E-state index in [1.54, 1.807) is 43.5 Å². The molecule has 0 radical (unpaired) electrons. The first kappa shape index (κ1) is 19.3. The predicted octanol–water partition coefficient (Wildman–Crippen LogP) is 4.03. The van der Waals surface area contributed by atoms with Gasteiger partial charge in [0, 0.05) is 16.8 Å². The van der Waals surface area contributed by atoms with Gasteiger partial charge in [-0.15, -0.1) is 11.3 Å². The molecule has 0 spiro atoms. The first-order valence-corrected chi connectivity index (χ1v) is 10.1. The second-order valence-electron chi connectivity index (χ2n) is 6.87. The summed E-state index contributed by atoms with van der Waals surface area (Å²) < 4.78 is 22.4. The minimum Gasteiger partial charge on any atom is -0.464 e. The number of carbonyl (C=O) groups excluding carboxylic acids is 1. The number of ether oxygens (including phenoxy) is 1. The molecule has 3 heterocycles. The van der Waals surface area contributed by atoms with Gasteiger partial charge in [-0.2, -0.15) is 5.10 Å². The Morgan fingerprint density at radius 1 is 1.31 bits per heavy atom. The molecule has 150 valence electrons. The Balaban J connectivity index is 1.93. The SMILES string of the molecule is CCOC(=O)C(C)n1ncc2c3sc(C)cc3n(Cc3ccc(F)cc3)c2c1=O. The Bertz CT molecular complexity index is 1270. The van der Waals surface area contributed by atoms with Crippen LogP contribution < -0.4 is 5.56 Å². The topological polar surface area (TPSA) is 66.1 Å². The number of esters is 1. The molecule has 0 aliphatic rings. The fraction of sp³-hybridized carbons (Fsp3) is 0.286. The third kappa shape index (κ3) is 3.33. The Kier molecular flexibility index (Phi) is 4.96. The molecule has 4 aromatic rings. The van der Waals surface area contributed by atoms with Crippen molar-refractivity contribution in [2.75, 3.05) is 6.61 Å². The van der Waals surface area contributed by atoms with E-state index in [2.05, 4.69) is 5.10 Å². The number of hydrogen-bond donors (Lipinski definition) is 0. The summed E-state index contributed by atoms with van der Waals surface area (Å²) in [6.07, 6.45) is 1.63. The van der Waals surface area contributed by atoms with E-state index in [0.29, 0.717) is 12.1 Å². The van der Waals surface area contributed by atoms with Crippen LogP contribution in [0.3, 0.4) is 0 Å². The van der Waals surface area contributed by atoms with Gasteiger partial charge < -0.3 is 9.30 Å². The van der Waals surface area contributed by atoms with Gasteiger partial charge in [-0.05, 0) is 44.5 Å². The van der Waals surface area contributed by atoms with Crippen molar-refractivity contribution < 1.29 is 13.9 Å². The van der Waals surface area contributed by atoms with Gasteiger partial charge in [0.15, 0.2) is 6.04 Å². The number of halogens is 1. The monoisotopic (exact) mass is 413 g/mol. The van der Waals surface area contributed by atoms with Crippen LogP contribution in [-0.2, 0) is 16.1 Å². The third-order valence-electron chi connectivity index (χ3n) is 4.87. The van der Waals surface area contributed by atoms with E-state index in [0.717, 1.165) is 30.7 Å². The van der Waals surface area contributed by atoms with Crippen molar-refractivity contribution >= 4 is 38.4 Å². The summed E-state index contributed by atoms with van der Waals surface area (Å²) in [5, 5.41) is 5.00. The van der Waals surface area contributed by atoms with Gasteiger partial charge in [-0.3, -0.25) is 4.79 Å². The molecule has 0 saturated heterocycles. The summed E-state index contributed by atoms with van der Waals surface area (Å²) in [6, 6.07) is 7.41. The average molecular weight is 413 g/mol. The van der Waals surface area contributed by atoms with Crippen LogP contribution in [-0.4, -0.2) is 26.9 Å². The molecule has 0 saturated carbocycles. The lowest BCUT2D eigenvalue weighted by Gasteiger charge is -2.13. The largest absolute Gasteiger partial charge is 0.464 e. The smallest absolute Gasteiger partial charge is 0.330 e. The van der Waals surface area contributed by atoms with Gasteiger partial charge in [0.05, 0.1) is 23.0 Å². The van der Waals surface area contributed by atoms with E-state index in [1.807, 2.05) is 17.6 Å². The van der Waals surface area contributed by atoms with Gasteiger partial charge in [0.25, 0.3) is 5.56 Å². The molecular weight excluding hydrogens is 393 g/mol. The van der Waals surface area contributed by atoms with Gasteiger partial charge in [-0.1, -0.05) is 12.1 Å². The number of aromatic nitrogens is 3. The summed E-state index contributed by atoms with van der Waals surface area (Å²) >= 11 is 1.59. The van der Waals surface area contributed by atoms with Crippen molar-refractivity contribution in [3.63, 3.8) is 0 Å². The molecule has 3 aromatic heterocycles. The van der Waals surface area contributed by atoms with Gasteiger partial charge in [0.1, 0.15) is 11.3 Å². The van der Waals surface area contributed by atoms with Gasteiger partial charge in [-0.25, -0.2) is 13.9 Å². The molecule has 4 rings (SSSR count). The van der Waals surface area contributed by atoms with E-state index < -0.39 is 12.0 Å². The summed E-state index contributed by atoms with van der Waals surface area (Å²) in [6.45, 7) is 5.96. The fourth-order valence-electron chi connectivity index (χ4n) is 3.47. The fourth-order valence-corrected chi connectivity index (χ4v) is 4.50. The minimum atomic E-state index is -0.833. The number of thiophene rings is 1. The zero-order valence-corrected chi connectivity index (χ0v) is 17.1. The Hall–Kier alpha value is -3.00. The summed E-state index contributed by atoms with van der Waals surface area (Å²) in [7, 11) is 0. The molecule has 1 aromatic carbocycles. The highest BCUT2D eigenvalue weighted by molar-refractivity contribution is 7.20. The number of benzene rings is 1. The summed E-state index contributed by atoms with van der Waals surface area (Å²) in [5.41, 5.74) is 1.91. The highest BCUT2D eigenvalue weighted by Gasteiger charge is 2.23. The predicted molar refractivity (Wildman–Crippen MR) is 111 cm³/mol. The van der Waals surface area contributed by atoms with Crippen LogP contribution >= 0.6 is 11.3 Å². The quantitative estimate of drug-likeness (QED) is 0.463. The lowest BCUT2D eigenvalue weighted by molar-refractivity contribution is -0.147. The van der Waals surface area contributed by atoms with E-state index in [-0.39, 0.29) is 18.0 Å². The molecular formula is C21H20FN3O3S. The van der Waals surface area contributed by atoms with Crippen LogP contribution in [0.1, 0.15) is 30.3 Å². The van der Waals surface area contributed by atoms with Gasteiger partial charge >= 0.3 is 5.97 Å². The van der Waals surface area contributed by atoms with Crippen molar-refractivity contribution in [3.8, 4) is 0 Å². The van der Waals surface area contributed by atoms with E-state index >= 15 is 0 Å². The molecule has 0 fully saturated rings. The van der Waals surface area contributed by atoms with E-state index in [9.17, 15) is 14.0 Å². The second kappa shape index (κ2) is 7.44. The second-order valence-corrected chi connectivity index (χ2v) is 8.12. The number of nitrogens with zero attached hydrogens (tertiary/aromatic N) is 3. The minimum absolute atomic E-state index is 0.232. The highest BCUT2D eigenvalue weighted by Crippen LogP contribution is 2.34. The molecule has 0 N–H and O–H groups in total. The van der Waals surface area contributed by atoms with Crippen molar-refractivity contribution in [2.45, 2.75) is 33.4 Å². The molecule has 0 bridgehead atoms. The molecule has 0 aliphatic carbocycles. The first-order chi connectivity index (χ1) is 13.9. The molecule has 29 heavy (non-hydrogen) atoms. The molecule has 1 unspecified atom stereocenters. The number of fused-ring (bicyclic) bond motifs is 3. The summed E-state index contributed by atoms with van der Waals surface area (Å²) in [5.74, 6) is -0.812. The zero-order valence-electron chi connectivity index (χ0n) is 16.3. The Morgan fingerprint density at radius 2 is 2.03 bits per heavy atom. The molecule has 6 nitrogen and oxygen atoms in total. The van der Waals surface area contributed by atoms with Crippen molar-refractivity contribution in [1.29, 1.82) is 0 Å². The zero-order chi connectivity index (χ0) is 20.7. The number of rotatable bonds is 5. The Morgan fingerprint density at radius 3 is 2.72 bits per heavy atom. The van der Waals surface area contributed by atoms with Crippen LogP contribution in [0, 0.1) is 12.7 Å². The van der Waals surface area contributed by atoms with Crippen LogP contribution in [0.25, 0.3) is 21.1 Å².